The number of hydrogen-bond acceptors (Lipinski definition) is 5. The smallest absolute Gasteiger partial charge is 0.382 e. The van der Waals surface area contributed by atoms with Crippen LogP contribution < -0.4 is 11.1 Å². The lowest BCUT2D eigenvalue weighted by Crippen LogP contribution is -2.43. The molecule has 1 saturated carbocycles. The lowest BCUT2D eigenvalue weighted by Gasteiger charge is -2.27. The van der Waals surface area contributed by atoms with Gasteiger partial charge >= 0.3 is 6.18 Å². The van der Waals surface area contributed by atoms with E-state index in [0.717, 1.165) is 29.1 Å². The molecule has 1 aromatic heterocycles. The molecule has 21 heavy (non-hydrogen) atoms. The molecule has 1 aliphatic carbocycles. The maximum atomic E-state index is 12.6. The summed E-state index contributed by atoms with van der Waals surface area (Å²) in [5, 5.41) is 3.56. The Balaban J connectivity index is 2.17. The summed E-state index contributed by atoms with van der Waals surface area (Å²) in [5.74, 6) is -0.762. The van der Waals surface area contributed by atoms with Crippen molar-refractivity contribution in [2.24, 2.45) is 0 Å². The minimum Gasteiger partial charge on any atom is -0.382 e. The van der Waals surface area contributed by atoms with Crippen LogP contribution in [0.5, 0.6) is 0 Å². The Labute approximate surface area is 124 Å². The molecule has 1 aliphatic rings. The first-order chi connectivity index (χ1) is 9.67. The molecule has 1 fully saturated rings. The minimum absolute atomic E-state index is 0.0269. The molecule has 0 bridgehead atoms. The molecule has 0 aliphatic heterocycles. The van der Waals surface area contributed by atoms with Gasteiger partial charge in [0, 0.05) is 12.1 Å². The van der Waals surface area contributed by atoms with Gasteiger partial charge in [-0.15, -0.1) is 0 Å². The quantitative estimate of drug-likeness (QED) is 0.874. The number of nitrogens with two attached hydrogens (primary N) is 1. The highest BCUT2D eigenvalue weighted by molar-refractivity contribution is 7.18. The number of aromatic nitrogens is 1. The normalized spacial score (nSPS) is 15.3. The highest BCUT2D eigenvalue weighted by Crippen LogP contribution is 2.32. The van der Waals surface area contributed by atoms with Crippen molar-refractivity contribution in [2.75, 3.05) is 17.6 Å². The number of nitrogen functional groups attached to an aromatic ring is 1. The number of nitrogens with one attached hydrogen (secondary N) is 1. The molecule has 0 saturated heterocycles. The highest BCUT2D eigenvalue weighted by atomic mass is 32.1. The minimum atomic E-state index is -4.45. The van der Waals surface area contributed by atoms with Crippen LogP contribution in [0, 0.1) is 0 Å². The van der Waals surface area contributed by atoms with E-state index in [1.165, 1.54) is 13.8 Å². The second-order valence-corrected chi connectivity index (χ2v) is 6.29. The summed E-state index contributed by atoms with van der Waals surface area (Å²) in [6.07, 6.45) is -2.40. The molecule has 1 heterocycles. The van der Waals surface area contributed by atoms with Gasteiger partial charge in [0.25, 0.3) is 5.91 Å². The molecule has 5 nitrogen and oxygen atoms in total. The highest BCUT2D eigenvalue weighted by Gasteiger charge is 2.36. The molecule has 0 spiro atoms. The molecular weight excluding hydrogens is 305 g/mol. The number of hydrogen-bond donors (Lipinski definition) is 2. The van der Waals surface area contributed by atoms with E-state index in [4.69, 9.17) is 5.73 Å². The van der Waals surface area contributed by atoms with Crippen LogP contribution in [-0.2, 0) is 0 Å². The van der Waals surface area contributed by atoms with Crippen molar-refractivity contribution in [3.63, 3.8) is 0 Å². The van der Waals surface area contributed by atoms with Crippen molar-refractivity contribution in [1.82, 2.24) is 9.88 Å². The summed E-state index contributed by atoms with van der Waals surface area (Å²) in [5.41, 5.74) is 5.67. The van der Waals surface area contributed by atoms with Gasteiger partial charge in [0.2, 0.25) is 0 Å². The summed E-state index contributed by atoms with van der Waals surface area (Å²) < 4.78 is 37.7. The fourth-order valence-electron chi connectivity index (χ4n) is 1.76. The van der Waals surface area contributed by atoms with Crippen LogP contribution >= 0.6 is 11.3 Å². The van der Waals surface area contributed by atoms with Crippen molar-refractivity contribution in [3.8, 4) is 0 Å². The molecule has 9 heteroatoms. The topological polar surface area (TPSA) is 71.2 Å². The number of anilines is 2. The number of amides is 1. The van der Waals surface area contributed by atoms with Gasteiger partial charge in [-0.1, -0.05) is 11.3 Å². The third-order valence-electron chi connectivity index (χ3n) is 2.99. The van der Waals surface area contributed by atoms with Crippen LogP contribution in [0.2, 0.25) is 0 Å². The van der Waals surface area contributed by atoms with Crippen LogP contribution in [0.4, 0.5) is 24.1 Å². The number of thiazole rings is 1. The number of rotatable bonds is 5. The summed E-state index contributed by atoms with van der Waals surface area (Å²) >= 11 is 1.00. The summed E-state index contributed by atoms with van der Waals surface area (Å²) in [7, 11) is 0. The van der Waals surface area contributed by atoms with Crippen molar-refractivity contribution in [2.45, 2.75) is 44.9 Å². The number of carbonyl (C=O) groups excluding carboxylic acids is 1. The first kappa shape index (κ1) is 15.9. The Morgan fingerprint density at radius 2 is 2.14 bits per heavy atom. The van der Waals surface area contributed by atoms with Crippen LogP contribution in [0.25, 0.3) is 0 Å². The van der Waals surface area contributed by atoms with Crippen LogP contribution in [-0.4, -0.2) is 40.6 Å². The van der Waals surface area contributed by atoms with E-state index in [1.54, 1.807) is 0 Å². The van der Waals surface area contributed by atoms with Crippen molar-refractivity contribution < 1.29 is 18.0 Å². The van der Waals surface area contributed by atoms with Gasteiger partial charge in [0.1, 0.15) is 17.2 Å². The van der Waals surface area contributed by atoms with E-state index in [-0.39, 0.29) is 10.7 Å². The average molecular weight is 322 g/mol. The van der Waals surface area contributed by atoms with Crippen LogP contribution in [0.15, 0.2) is 0 Å². The number of nitrogens with zero attached hydrogens (tertiary/aromatic N) is 2. The second-order valence-electron chi connectivity index (χ2n) is 5.29. The van der Waals surface area contributed by atoms with Crippen LogP contribution in [0.3, 0.4) is 0 Å². The molecule has 118 valence electrons. The van der Waals surface area contributed by atoms with Gasteiger partial charge in [-0.2, -0.15) is 13.2 Å². The zero-order valence-electron chi connectivity index (χ0n) is 11.7. The van der Waals surface area contributed by atoms with E-state index in [2.05, 4.69) is 10.3 Å². The molecule has 0 atom stereocenters. The Morgan fingerprint density at radius 3 is 2.62 bits per heavy atom. The number of carbonyl (C=O) groups is 1. The van der Waals surface area contributed by atoms with E-state index >= 15 is 0 Å². The Hall–Kier alpha value is -1.51. The lowest BCUT2D eigenvalue weighted by molar-refractivity contribution is -0.143. The lowest BCUT2D eigenvalue weighted by atomic mass is 10.3. The predicted octanol–water partition coefficient (Wildman–Crippen LogP) is 2.71. The molecule has 0 aromatic carbocycles. The van der Waals surface area contributed by atoms with Gasteiger partial charge in [-0.3, -0.25) is 4.79 Å². The van der Waals surface area contributed by atoms with E-state index < -0.39 is 24.7 Å². The molecule has 0 unspecified atom stereocenters. The first-order valence-electron chi connectivity index (χ1n) is 6.58. The predicted molar refractivity (Wildman–Crippen MR) is 75.4 cm³/mol. The fourth-order valence-corrected chi connectivity index (χ4v) is 2.68. The number of alkyl halides is 3. The summed E-state index contributed by atoms with van der Waals surface area (Å²) in [4.78, 5) is 17.1. The Morgan fingerprint density at radius 1 is 1.52 bits per heavy atom. The first-order valence-corrected chi connectivity index (χ1v) is 7.39. The van der Waals surface area contributed by atoms with Gasteiger partial charge < -0.3 is 16.0 Å². The number of halogens is 3. The maximum absolute atomic E-state index is 12.6. The Bertz CT molecular complexity index is 525. The molecule has 2 rings (SSSR count). The van der Waals surface area contributed by atoms with Crippen molar-refractivity contribution in [1.29, 1.82) is 0 Å². The summed E-state index contributed by atoms with van der Waals surface area (Å²) in [6, 6.07) is -0.254. The third kappa shape index (κ3) is 4.23. The Kier molecular flexibility index (Phi) is 4.31. The second kappa shape index (κ2) is 5.70. The molecule has 1 aromatic rings. The van der Waals surface area contributed by atoms with E-state index in [1.807, 2.05) is 0 Å². The monoisotopic (exact) mass is 322 g/mol. The molecule has 1 amide bonds. The SMILES string of the molecule is CC(C)N(CC(F)(F)F)C(=O)c1sc(NC2CC2)nc1N. The van der Waals surface area contributed by atoms with E-state index in [0.29, 0.717) is 11.2 Å². The van der Waals surface area contributed by atoms with Crippen molar-refractivity contribution in [3.05, 3.63) is 4.88 Å². The fraction of sp³-hybridized carbons (Fsp3) is 0.667. The summed E-state index contributed by atoms with van der Waals surface area (Å²) in [6.45, 7) is 1.76. The van der Waals surface area contributed by atoms with Gasteiger partial charge in [-0.05, 0) is 26.7 Å². The van der Waals surface area contributed by atoms with Crippen LogP contribution in [0.1, 0.15) is 36.4 Å². The average Bonchev–Trinajstić information content (AvgIpc) is 3.06. The van der Waals surface area contributed by atoms with Gasteiger partial charge in [0.15, 0.2) is 5.13 Å². The van der Waals surface area contributed by atoms with E-state index in [9.17, 15) is 18.0 Å². The molecular formula is C12H17F3N4OS. The zero-order chi connectivity index (χ0) is 15.8. The largest absolute Gasteiger partial charge is 0.406 e. The van der Waals surface area contributed by atoms with Gasteiger partial charge in [0.05, 0.1) is 0 Å². The van der Waals surface area contributed by atoms with Gasteiger partial charge in [-0.25, -0.2) is 4.98 Å². The van der Waals surface area contributed by atoms with Crippen molar-refractivity contribution >= 4 is 28.2 Å². The third-order valence-corrected chi connectivity index (χ3v) is 3.98. The molecule has 3 N–H and O–H groups in total. The maximum Gasteiger partial charge on any atom is 0.406 e. The zero-order valence-corrected chi connectivity index (χ0v) is 12.5. The molecule has 0 radical (unpaired) electrons. The standard InChI is InChI=1S/C12H17F3N4OS/c1-6(2)19(5-12(13,14)15)10(20)8-9(16)18-11(21-8)17-7-3-4-7/h6-7H,3-5,16H2,1-2H3,(H,17,18).